The zero-order chi connectivity index (χ0) is 7.23. The second-order valence-corrected chi connectivity index (χ2v) is 2.74. The highest BCUT2D eigenvalue weighted by Gasteiger charge is 2.03. The molecule has 0 amide bonds. The van der Waals surface area contributed by atoms with Crippen LogP contribution in [0.3, 0.4) is 0 Å². The molecule has 0 atom stereocenters. The van der Waals surface area contributed by atoms with E-state index < -0.39 is 0 Å². The maximum atomic E-state index is 6.62. The van der Waals surface area contributed by atoms with E-state index in [1.807, 2.05) is 0 Å². The Balaban J connectivity index is 2.26. The highest BCUT2D eigenvalue weighted by Crippen LogP contribution is 2.19. The van der Waals surface area contributed by atoms with Gasteiger partial charge in [0.1, 0.15) is 0 Å². The third-order valence-corrected chi connectivity index (χ3v) is 1.93. The van der Waals surface area contributed by atoms with Crippen LogP contribution in [0.1, 0.15) is 32.1 Å². The lowest BCUT2D eigenvalue weighted by Crippen LogP contribution is -1.92. The molecule has 54 valence electrons. The molecule has 0 aromatic carbocycles. The Morgan fingerprint density at radius 1 is 1.50 bits per heavy atom. The SMILES string of the molecule is [C-]#[N+]CCC1=CCCCC1. The van der Waals surface area contributed by atoms with Gasteiger partial charge in [-0.05, 0) is 25.7 Å². The van der Waals surface area contributed by atoms with Crippen molar-refractivity contribution in [1.29, 1.82) is 0 Å². The van der Waals surface area contributed by atoms with Crippen LogP contribution in [0.2, 0.25) is 0 Å². The van der Waals surface area contributed by atoms with E-state index in [4.69, 9.17) is 6.57 Å². The van der Waals surface area contributed by atoms with Crippen LogP contribution in [0.25, 0.3) is 4.85 Å². The van der Waals surface area contributed by atoms with Gasteiger partial charge in [0, 0.05) is 6.42 Å². The van der Waals surface area contributed by atoms with Crippen molar-refractivity contribution in [2.45, 2.75) is 32.1 Å². The van der Waals surface area contributed by atoms with Crippen molar-refractivity contribution in [1.82, 2.24) is 0 Å². The molecule has 10 heavy (non-hydrogen) atoms. The average Bonchev–Trinajstić information content (AvgIpc) is 2.03. The Hall–Kier alpha value is -0.770. The molecule has 0 saturated carbocycles. The quantitative estimate of drug-likeness (QED) is 0.405. The Morgan fingerprint density at radius 3 is 3.00 bits per heavy atom. The molecule has 0 bridgehead atoms. The second kappa shape index (κ2) is 4.11. The number of hydrogen-bond donors (Lipinski definition) is 0. The molecule has 0 radical (unpaired) electrons. The minimum atomic E-state index is 0.686. The van der Waals surface area contributed by atoms with Crippen molar-refractivity contribution in [3.63, 3.8) is 0 Å². The lowest BCUT2D eigenvalue weighted by molar-refractivity contribution is 0.682. The average molecular weight is 135 g/mol. The summed E-state index contributed by atoms with van der Waals surface area (Å²) >= 11 is 0. The van der Waals surface area contributed by atoms with Crippen LogP contribution < -0.4 is 0 Å². The summed E-state index contributed by atoms with van der Waals surface area (Å²) in [6.45, 7) is 7.31. The third-order valence-electron chi connectivity index (χ3n) is 1.93. The summed E-state index contributed by atoms with van der Waals surface area (Å²) < 4.78 is 0. The van der Waals surface area contributed by atoms with Gasteiger partial charge in [0.2, 0.25) is 6.54 Å². The van der Waals surface area contributed by atoms with Gasteiger partial charge in [0.25, 0.3) is 0 Å². The minimum Gasteiger partial charge on any atom is -0.317 e. The van der Waals surface area contributed by atoms with E-state index in [2.05, 4.69) is 10.9 Å². The van der Waals surface area contributed by atoms with E-state index in [0.717, 1.165) is 6.42 Å². The fraction of sp³-hybridized carbons (Fsp3) is 0.667. The minimum absolute atomic E-state index is 0.686. The van der Waals surface area contributed by atoms with Crippen molar-refractivity contribution in [3.8, 4) is 0 Å². The topological polar surface area (TPSA) is 4.36 Å². The van der Waals surface area contributed by atoms with Gasteiger partial charge in [-0.25, -0.2) is 6.57 Å². The fourth-order valence-electron chi connectivity index (χ4n) is 1.33. The van der Waals surface area contributed by atoms with Crippen LogP contribution in [0.5, 0.6) is 0 Å². The number of nitrogens with zero attached hydrogens (tertiary/aromatic N) is 1. The molecule has 0 unspecified atom stereocenters. The fourth-order valence-corrected chi connectivity index (χ4v) is 1.33. The predicted octanol–water partition coefficient (Wildman–Crippen LogP) is 2.80. The number of hydrogen-bond acceptors (Lipinski definition) is 0. The summed E-state index contributed by atoms with van der Waals surface area (Å²) in [7, 11) is 0. The highest BCUT2D eigenvalue weighted by atomic mass is 14.6. The molecule has 0 N–H and O–H groups in total. The lowest BCUT2D eigenvalue weighted by Gasteiger charge is -2.08. The Kier molecular flexibility index (Phi) is 3.02. The molecular weight excluding hydrogens is 122 g/mol. The maximum Gasteiger partial charge on any atom is 0.218 e. The van der Waals surface area contributed by atoms with E-state index in [0.29, 0.717) is 6.54 Å². The molecule has 1 rings (SSSR count). The van der Waals surface area contributed by atoms with Crippen LogP contribution in [-0.2, 0) is 0 Å². The van der Waals surface area contributed by atoms with Crippen LogP contribution in [0.15, 0.2) is 11.6 Å². The number of rotatable bonds is 2. The molecule has 0 saturated heterocycles. The first-order valence-corrected chi connectivity index (χ1v) is 3.94. The predicted molar refractivity (Wildman–Crippen MR) is 42.6 cm³/mol. The van der Waals surface area contributed by atoms with Crippen LogP contribution in [0.4, 0.5) is 0 Å². The first-order chi connectivity index (χ1) is 4.93. The van der Waals surface area contributed by atoms with Gasteiger partial charge in [-0.2, -0.15) is 0 Å². The van der Waals surface area contributed by atoms with E-state index in [1.54, 1.807) is 0 Å². The van der Waals surface area contributed by atoms with Gasteiger partial charge < -0.3 is 4.85 Å². The third kappa shape index (κ3) is 2.23. The van der Waals surface area contributed by atoms with Crippen molar-refractivity contribution in [2.75, 3.05) is 6.54 Å². The Labute approximate surface area is 62.6 Å². The zero-order valence-electron chi connectivity index (χ0n) is 6.27. The standard InChI is InChI=1S/C9H13N/c1-10-8-7-9-5-3-2-4-6-9/h5H,2-4,6-8H2. The summed E-state index contributed by atoms with van der Waals surface area (Å²) in [6.07, 6.45) is 8.51. The summed E-state index contributed by atoms with van der Waals surface area (Å²) in [5, 5.41) is 0. The van der Waals surface area contributed by atoms with E-state index >= 15 is 0 Å². The molecule has 1 nitrogen and oxygen atoms in total. The van der Waals surface area contributed by atoms with E-state index in [9.17, 15) is 0 Å². The van der Waals surface area contributed by atoms with Gasteiger partial charge in [-0.3, -0.25) is 0 Å². The summed E-state index contributed by atoms with van der Waals surface area (Å²) in [5.74, 6) is 0. The first-order valence-electron chi connectivity index (χ1n) is 3.94. The van der Waals surface area contributed by atoms with Gasteiger partial charge in [0.05, 0.1) is 0 Å². The van der Waals surface area contributed by atoms with Crippen LogP contribution in [-0.4, -0.2) is 6.54 Å². The van der Waals surface area contributed by atoms with Gasteiger partial charge >= 0.3 is 0 Å². The molecule has 1 heteroatoms. The summed E-state index contributed by atoms with van der Waals surface area (Å²) in [6, 6.07) is 0. The van der Waals surface area contributed by atoms with Crippen molar-refractivity contribution in [3.05, 3.63) is 23.1 Å². The Morgan fingerprint density at radius 2 is 2.40 bits per heavy atom. The van der Waals surface area contributed by atoms with Crippen LogP contribution >= 0.6 is 0 Å². The zero-order valence-corrected chi connectivity index (χ0v) is 6.27. The molecule has 0 aromatic rings. The second-order valence-electron chi connectivity index (χ2n) is 2.74. The molecule has 0 spiro atoms. The van der Waals surface area contributed by atoms with Gasteiger partial charge in [0.15, 0.2) is 0 Å². The molecule has 0 fully saturated rings. The first kappa shape index (κ1) is 7.34. The van der Waals surface area contributed by atoms with E-state index in [-0.39, 0.29) is 0 Å². The largest absolute Gasteiger partial charge is 0.317 e. The molecule has 0 aromatic heterocycles. The molecule has 0 heterocycles. The normalized spacial score (nSPS) is 17.7. The molecular formula is C9H13N. The molecule has 0 aliphatic heterocycles. The number of allylic oxidation sites excluding steroid dienone is 1. The monoisotopic (exact) mass is 135 g/mol. The van der Waals surface area contributed by atoms with Crippen molar-refractivity contribution in [2.24, 2.45) is 0 Å². The summed E-state index contributed by atoms with van der Waals surface area (Å²) in [4.78, 5) is 3.34. The van der Waals surface area contributed by atoms with Gasteiger partial charge in [-0.1, -0.05) is 11.6 Å². The van der Waals surface area contributed by atoms with Crippen LogP contribution in [0, 0.1) is 6.57 Å². The maximum absolute atomic E-state index is 6.62. The molecule has 1 aliphatic rings. The van der Waals surface area contributed by atoms with Crippen molar-refractivity contribution >= 4 is 0 Å². The lowest BCUT2D eigenvalue weighted by atomic mass is 9.97. The van der Waals surface area contributed by atoms with Gasteiger partial charge in [-0.15, -0.1) is 0 Å². The smallest absolute Gasteiger partial charge is 0.218 e. The van der Waals surface area contributed by atoms with Crippen molar-refractivity contribution < 1.29 is 0 Å². The molecule has 1 aliphatic carbocycles. The summed E-state index contributed by atoms with van der Waals surface area (Å²) in [5.41, 5.74) is 1.52. The van der Waals surface area contributed by atoms with E-state index in [1.165, 1.54) is 31.3 Å². The Bertz CT molecular complexity index is 162. The highest BCUT2D eigenvalue weighted by molar-refractivity contribution is 5.05.